The minimum absolute atomic E-state index is 0.314. The number of hydrogen-bond donors (Lipinski definition) is 1. The van der Waals surface area contributed by atoms with Gasteiger partial charge in [0.2, 0.25) is 0 Å². The van der Waals surface area contributed by atoms with Crippen LogP contribution in [0.25, 0.3) is 0 Å². The van der Waals surface area contributed by atoms with E-state index in [1.165, 1.54) is 0 Å². The lowest BCUT2D eigenvalue weighted by molar-refractivity contribution is 0.208. The van der Waals surface area contributed by atoms with Gasteiger partial charge in [-0.15, -0.1) is 0 Å². The molecule has 1 heteroatoms. The zero-order chi connectivity index (χ0) is 14.2. The van der Waals surface area contributed by atoms with Crippen LogP contribution in [0.1, 0.15) is 51.9 Å². The topological polar surface area (TPSA) is 20.2 Å². The van der Waals surface area contributed by atoms with Gasteiger partial charge in [0, 0.05) is 0 Å². The van der Waals surface area contributed by atoms with Crippen LogP contribution < -0.4 is 0 Å². The first-order chi connectivity index (χ1) is 9.31. The van der Waals surface area contributed by atoms with E-state index in [1.54, 1.807) is 0 Å². The number of unbranched alkanes of at least 4 members (excludes halogenated alkanes) is 2. The molecule has 0 bridgehead atoms. The van der Waals surface area contributed by atoms with Crippen LogP contribution in [0.5, 0.6) is 0 Å². The molecule has 0 aromatic carbocycles. The fraction of sp³-hybridized carbons (Fsp3) is 0.500. The molecule has 0 aliphatic carbocycles. The lowest BCUT2D eigenvalue weighted by Gasteiger charge is -2.04. The van der Waals surface area contributed by atoms with Gasteiger partial charge in [-0.1, -0.05) is 68.4 Å². The third-order valence-electron chi connectivity index (χ3n) is 2.69. The number of allylic oxidation sites excluding steroid dienone is 7. The number of rotatable bonds is 11. The van der Waals surface area contributed by atoms with Gasteiger partial charge < -0.3 is 12.0 Å². The molecule has 0 amide bonds. The van der Waals surface area contributed by atoms with E-state index in [9.17, 15) is 5.11 Å². The van der Waals surface area contributed by atoms with E-state index in [1.807, 2.05) is 18.2 Å². The van der Waals surface area contributed by atoms with Crippen molar-refractivity contribution in [2.24, 2.45) is 0 Å². The van der Waals surface area contributed by atoms with Gasteiger partial charge in [0.1, 0.15) is 0 Å². The van der Waals surface area contributed by atoms with Gasteiger partial charge in [0.25, 0.3) is 0 Å². The second-order valence-corrected chi connectivity index (χ2v) is 4.55. The summed E-state index contributed by atoms with van der Waals surface area (Å²) >= 11 is 0. The molecule has 0 aliphatic rings. The first-order valence-corrected chi connectivity index (χ1v) is 7.41. The summed E-state index contributed by atoms with van der Waals surface area (Å²) in [5, 5.41) is 9.64. The van der Waals surface area contributed by atoms with Gasteiger partial charge in [-0.25, -0.2) is 0 Å². The third-order valence-corrected chi connectivity index (χ3v) is 2.69. The summed E-state index contributed by atoms with van der Waals surface area (Å²) in [6, 6.07) is 0. The lowest BCUT2D eigenvalue weighted by atomic mass is 10.1. The standard InChI is InChI=1S/C18H29O/c1-3-5-7-8-9-10-11-12-13-15-17-18(19)16-14-6-4-2/h5,7,9-10,12-13,15,17-19H,2-4,6,8,11,14,16H2,1H3/q-1/b7-5-,10-9-,13-12-,17-15-. The van der Waals surface area contributed by atoms with Crippen LogP contribution in [0.4, 0.5) is 0 Å². The molecule has 0 heterocycles. The molecule has 0 fully saturated rings. The SMILES string of the molecule is [CH2-]CCCCC(O)/C=C\C=C/C/C=C\C/C=C\CC. The van der Waals surface area contributed by atoms with Crippen molar-refractivity contribution in [2.75, 3.05) is 0 Å². The van der Waals surface area contributed by atoms with Gasteiger partial charge in [-0.3, -0.25) is 0 Å². The van der Waals surface area contributed by atoms with Crippen molar-refractivity contribution in [3.05, 3.63) is 55.5 Å². The van der Waals surface area contributed by atoms with E-state index < -0.39 is 0 Å². The smallest absolute Gasteiger partial charge is 0.0723 e. The molecular formula is C18H29O-. The molecule has 19 heavy (non-hydrogen) atoms. The molecule has 1 N–H and O–H groups in total. The summed E-state index contributed by atoms with van der Waals surface area (Å²) in [6.45, 7) is 5.93. The Balaban J connectivity index is 3.58. The summed E-state index contributed by atoms with van der Waals surface area (Å²) in [6.07, 6.45) is 23.3. The predicted molar refractivity (Wildman–Crippen MR) is 85.9 cm³/mol. The highest BCUT2D eigenvalue weighted by molar-refractivity contribution is 5.07. The lowest BCUT2D eigenvalue weighted by Crippen LogP contribution is -2.00. The second-order valence-electron chi connectivity index (χ2n) is 4.55. The summed E-state index contributed by atoms with van der Waals surface area (Å²) in [5.74, 6) is 0. The fourth-order valence-corrected chi connectivity index (χ4v) is 1.59. The monoisotopic (exact) mass is 261 g/mol. The molecule has 0 aromatic rings. The van der Waals surface area contributed by atoms with Crippen molar-refractivity contribution in [3.8, 4) is 0 Å². The van der Waals surface area contributed by atoms with Gasteiger partial charge >= 0.3 is 0 Å². The van der Waals surface area contributed by atoms with Crippen molar-refractivity contribution < 1.29 is 5.11 Å². The Bertz CT molecular complexity index is 284. The van der Waals surface area contributed by atoms with E-state index in [0.29, 0.717) is 0 Å². The number of hydrogen-bond acceptors (Lipinski definition) is 1. The van der Waals surface area contributed by atoms with Crippen molar-refractivity contribution >= 4 is 0 Å². The Hall–Kier alpha value is -1.08. The molecule has 0 aromatic heterocycles. The van der Waals surface area contributed by atoms with Crippen LogP contribution in [-0.2, 0) is 0 Å². The highest BCUT2D eigenvalue weighted by atomic mass is 16.3. The quantitative estimate of drug-likeness (QED) is 0.236. The van der Waals surface area contributed by atoms with Crippen molar-refractivity contribution in [1.82, 2.24) is 0 Å². The van der Waals surface area contributed by atoms with Crippen LogP contribution in [0, 0.1) is 6.92 Å². The Morgan fingerprint density at radius 3 is 2.32 bits per heavy atom. The summed E-state index contributed by atoms with van der Waals surface area (Å²) in [5.41, 5.74) is 0. The van der Waals surface area contributed by atoms with Crippen molar-refractivity contribution in [1.29, 1.82) is 0 Å². The van der Waals surface area contributed by atoms with Crippen LogP contribution in [-0.4, -0.2) is 11.2 Å². The highest BCUT2D eigenvalue weighted by Gasteiger charge is 1.95. The maximum atomic E-state index is 9.64. The van der Waals surface area contributed by atoms with E-state index >= 15 is 0 Å². The molecule has 0 radical (unpaired) electrons. The van der Waals surface area contributed by atoms with E-state index in [-0.39, 0.29) is 6.10 Å². The Morgan fingerprint density at radius 2 is 1.63 bits per heavy atom. The molecule has 0 saturated heterocycles. The van der Waals surface area contributed by atoms with Crippen LogP contribution in [0.15, 0.2) is 48.6 Å². The average Bonchev–Trinajstić information content (AvgIpc) is 2.41. The first-order valence-electron chi connectivity index (χ1n) is 7.41. The molecule has 0 saturated carbocycles. The van der Waals surface area contributed by atoms with Crippen LogP contribution >= 0.6 is 0 Å². The first kappa shape index (κ1) is 17.9. The van der Waals surface area contributed by atoms with Gasteiger partial charge in [0.05, 0.1) is 6.10 Å². The average molecular weight is 261 g/mol. The molecular weight excluding hydrogens is 232 g/mol. The third kappa shape index (κ3) is 14.9. The summed E-state index contributed by atoms with van der Waals surface area (Å²) in [4.78, 5) is 0. The normalized spacial score (nSPS) is 14.5. The molecule has 0 rings (SSSR count). The van der Waals surface area contributed by atoms with E-state index in [0.717, 1.165) is 44.9 Å². The predicted octanol–water partition coefficient (Wildman–Crippen LogP) is 5.16. The minimum atomic E-state index is -0.314. The zero-order valence-electron chi connectivity index (χ0n) is 12.3. The fourth-order valence-electron chi connectivity index (χ4n) is 1.59. The van der Waals surface area contributed by atoms with Crippen LogP contribution in [0.3, 0.4) is 0 Å². The Morgan fingerprint density at radius 1 is 0.947 bits per heavy atom. The van der Waals surface area contributed by atoms with Gasteiger partial charge in [0.15, 0.2) is 0 Å². The summed E-state index contributed by atoms with van der Waals surface area (Å²) in [7, 11) is 0. The highest BCUT2D eigenvalue weighted by Crippen LogP contribution is 2.04. The van der Waals surface area contributed by atoms with Gasteiger partial charge in [-0.05, 0) is 25.7 Å². The summed E-state index contributed by atoms with van der Waals surface area (Å²) < 4.78 is 0. The molecule has 1 nitrogen and oxygen atoms in total. The molecule has 1 unspecified atom stereocenters. The number of aliphatic hydroxyl groups is 1. The Kier molecular flexibility index (Phi) is 14.1. The second kappa shape index (κ2) is 15.0. The maximum absolute atomic E-state index is 9.64. The van der Waals surface area contributed by atoms with E-state index in [2.05, 4.69) is 44.2 Å². The largest absolute Gasteiger partial charge is 0.389 e. The van der Waals surface area contributed by atoms with E-state index in [4.69, 9.17) is 0 Å². The van der Waals surface area contributed by atoms with Crippen molar-refractivity contribution in [3.63, 3.8) is 0 Å². The molecule has 0 spiro atoms. The van der Waals surface area contributed by atoms with Crippen molar-refractivity contribution in [2.45, 2.75) is 58.0 Å². The molecule has 108 valence electrons. The number of aliphatic hydroxyl groups excluding tert-OH is 1. The minimum Gasteiger partial charge on any atom is -0.389 e. The molecule has 0 aliphatic heterocycles. The Labute approximate surface area is 119 Å². The molecule has 1 atom stereocenters. The maximum Gasteiger partial charge on any atom is 0.0723 e. The van der Waals surface area contributed by atoms with Crippen LogP contribution in [0.2, 0.25) is 0 Å². The zero-order valence-corrected chi connectivity index (χ0v) is 12.3. The van der Waals surface area contributed by atoms with Gasteiger partial charge in [-0.2, -0.15) is 6.42 Å².